The summed E-state index contributed by atoms with van der Waals surface area (Å²) >= 11 is 1.31. The van der Waals surface area contributed by atoms with Crippen molar-refractivity contribution in [3.63, 3.8) is 0 Å². The van der Waals surface area contributed by atoms with Gasteiger partial charge in [0.05, 0.1) is 23.7 Å². The first-order chi connectivity index (χ1) is 13.6. The highest BCUT2D eigenvalue weighted by molar-refractivity contribution is 7.99. The number of carbonyl (C=O) groups excluding carboxylic acids is 1. The number of ether oxygens (including phenoxy) is 2. The van der Waals surface area contributed by atoms with Crippen molar-refractivity contribution in [3.8, 4) is 22.8 Å². The third-order valence-electron chi connectivity index (χ3n) is 4.32. The lowest BCUT2D eigenvalue weighted by Crippen LogP contribution is -2.28. The van der Waals surface area contributed by atoms with Gasteiger partial charge in [-0.2, -0.15) is 0 Å². The Kier molecular flexibility index (Phi) is 5.21. The van der Waals surface area contributed by atoms with E-state index in [0.717, 1.165) is 16.8 Å². The van der Waals surface area contributed by atoms with E-state index in [-0.39, 0.29) is 30.3 Å². The summed E-state index contributed by atoms with van der Waals surface area (Å²) in [6, 6.07) is 11.6. The molecule has 28 heavy (non-hydrogen) atoms. The minimum atomic E-state index is -0.286. The normalized spacial score (nSPS) is 13.4. The van der Waals surface area contributed by atoms with E-state index in [1.165, 1.54) is 23.9 Å². The lowest BCUT2D eigenvalue weighted by Gasteiger charge is -2.14. The zero-order valence-corrected chi connectivity index (χ0v) is 15.9. The number of carbonyl (C=O) groups is 1. The zero-order chi connectivity index (χ0) is 19.5. The number of rotatable bonds is 6. The van der Waals surface area contributed by atoms with Gasteiger partial charge in [-0.05, 0) is 54.4 Å². The number of hydrogen-bond donors (Lipinski definition) is 2. The summed E-state index contributed by atoms with van der Waals surface area (Å²) in [5, 5.41) is 3.59. The molecule has 3 aromatic rings. The Labute approximate surface area is 165 Å². The summed E-state index contributed by atoms with van der Waals surface area (Å²) < 4.78 is 23.7. The molecule has 1 aliphatic rings. The molecule has 0 bridgehead atoms. The van der Waals surface area contributed by atoms with Crippen LogP contribution in [0.4, 0.5) is 4.39 Å². The SMILES string of the molecule is CC(NC(=O)CSc1ncc(-c2ccc(F)cc2)[nH]1)c1ccc2c(c1)OCO2. The van der Waals surface area contributed by atoms with Gasteiger partial charge in [0, 0.05) is 0 Å². The number of nitrogens with one attached hydrogen (secondary N) is 2. The summed E-state index contributed by atoms with van der Waals surface area (Å²) in [6.45, 7) is 2.14. The van der Waals surface area contributed by atoms with E-state index in [2.05, 4.69) is 15.3 Å². The van der Waals surface area contributed by atoms with Crippen molar-refractivity contribution in [2.24, 2.45) is 0 Å². The van der Waals surface area contributed by atoms with Crippen molar-refractivity contribution in [3.05, 3.63) is 60.0 Å². The van der Waals surface area contributed by atoms with Gasteiger partial charge in [0.1, 0.15) is 5.82 Å². The Bertz CT molecular complexity index is 991. The second-order valence-corrected chi connectivity index (χ2v) is 7.26. The molecule has 0 fully saturated rings. The highest BCUT2D eigenvalue weighted by atomic mass is 32.2. The molecule has 144 valence electrons. The van der Waals surface area contributed by atoms with Crippen LogP contribution in [0, 0.1) is 5.82 Å². The molecule has 1 aromatic heterocycles. The molecule has 2 N–H and O–H groups in total. The van der Waals surface area contributed by atoms with Crippen LogP contribution in [0.3, 0.4) is 0 Å². The molecule has 6 nitrogen and oxygen atoms in total. The van der Waals surface area contributed by atoms with Gasteiger partial charge >= 0.3 is 0 Å². The van der Waals surface area contributed by atoms with Crippen molar-refractivity contribution in [1.82, 2.24) is 15.3 Å². The predicted octanol–water partition coefficient (Wildman–Crippen LogP) is 3.91. The number of nitrogens with zero attached hydrogens (tertiary/aromatic N) is 1. The Hall–Kier alpha value is -3.00. The van der Waals surface area contributed by atoms with E-state index in [1.54, 1.807) is 18.3 Å². The first kappa shape index (κ1) is 18.4. The van der Waals surface area contributed by atoms with Gasteiger partial charge in [-0.3, -0.25) is 4.79 Å². The maximum Gasteiger partial charge on any atom is 0.231 e. The molecule has 1 atom stereocenters. The quantitative estimate of drug-likeness (QED) is 0.615. The second kappa shape index (κ2) is 7.93. The third-order valence-corrected chi connectivity index (χ3v) is 5.21. The molecular formula is C20H18FN3O3S. The van der Waals surface area contributed by atoms with Gasteiger partial charge < -0.3 is 19.8 Å². The van der Waals surface area contributed by atoms with Crippen molar-refractivity contribution in [2.45, 2.75) is 18.1 Å². The number of aromatic nitrogens is 2. The monoisotopic (exact) mass is 399 g/mol. The Balaban J connectivity index is 1.31. The first-order valence-corrected chi connectivity index (χ1v) is 9.70. The summed E-state index contributed by atoms with van der Waals surface area (Å²) in [4.78, 5) is 19.7. The number of hydrogen-bond acceptors (Lipinski definition) is 5. The minimum absolute atomic E-state index is 0.102. The van der Waals surface area contributed by atoms with Crippen LogP contribution in [0.1, 0.15) is 18.5 Å². The van der Waals surface area contributed by atoms with Crippen molar-refractivity contribution >= 4 is 17.7 Å². The lowest BCUT2D eigenvalue weighted by molar-refractivity contribution is -0.119. The fourth-order valence-corrected chi connectivity index (χ4v) is 3.50. The summed E-state index contributed by atoms with van der Waals surface area (Å²) in [5.74, 6) is 1.25. The molecule has 1 amide bonds. The number of aromatic amines is 1. The van der Waals surface area contributed by atoms with E-state index in [0.29, 0.717) is 16.7 Å². The van der Waals surface area contributed by atoms with Crippen LogP contribution in [0.15, 0.2) is 53.8 Å². The van der Waals surface area contributed by atoms with E-state index >= 15 is 0 Å². The molecule has 1 unspecified atom stereocenters. The number of benzene rings is 2. The molecule has 1 aliphatic heterocycles. The van der Waals surface area contributed by atoms with Crippen molar-refractivity contribution < 1.29 is 18.7 Å². The zero-order valence-electron chi connectivity index (χ0n) is 15.1. The highest BCUT2D eigenvalue weighted by Crippen LogP contribution is 2.34. The summed E-state index contributed by atoms with van der Waals surface area (Å²) in [5.41, 5.74) is 2.55. The maximum atomic E-state index is 13.0. The molecule has 0 saturated carbocycles. The van der Waals surface area contributed by atoms with Crippen molar-refractivity contribution in [2.75, 3.05) is 12.5 Å². The Morgan fingerprint density at radius 2 is 2.04 bits per heavy atom. The molecule has 4 rings (SSSR count). The van der Waals surface area contributed by atoms with Crippen LogP contribution in [0.5, 0.6) is 11.5 Å². The van der Waals surface area contributed by atoms with Gasteiger partial charge in [-0.25, -0.2) is 9.37 Å². The van der Waals surface area contributed by atoms with Gasteiger partial charge in [0.2, 0.25) is 12.7 Å². The average molecular weight is 399 g/mol. The number of amides is 1. The predicted molar refractivity (Wildman–Crippen MR) is 104 cm³/mol. The molecule has 0 spiro atoms. The average Bonchev–Trinajstić information content (AvgIpc) is 3.35. The largest absolute Gasteiger partial charge is 0.454 e. The van der Waals surface area contributed by atoms with E-state index < -0.39 is 0 Å². The number of thioether (sulfide) groups is 1. The van der Waals surface area contributed by atoms with E-state index in [9.17, 15) is 9.18 Å². The van der Waals surface area contributed by atoms with Crippen LogP contribution in [0.25, 0.3) is 11.3 Å². The van der Waals surface area contributed by atoms with E-state index in [4.69, 9.17) is 9.47 Å². The first-order valence-electron chi connectivity index (χ1n) is 8.71. The molecule has 2 heterocycles. The lowest BCUT2D eigenvalue weighted by atomic mass is 10.1. The van der Waals surface area contributed by atoms with Crippen LogP contribution in [-0.2, 0) is 4.79 Å². The Morgan fingerprint density at radius 1 is 1.25 bits per heavy atom. The summed E-state index contributed by atoms with van der Waals surface area (Å²) in [6.07, 6.45) is 1.67. The van der Waals surface area contributed by atoms with Gasteiger partial charge in [-0.1, -0.05) is 17.8 Å². The molecule has 0 saturated heterocycles. The topological polar surface area (TPSA) is 76.2 Å². The Morgan fingerprint density at radius 3 is 2.86 bits per heavy atom. The highest BCUT2D eigenvalue weighted by Gasteiger charge is 2.17. The fraction of sp³-hybridized carbons (Fsp3) is 0.200. The smallest absolute Gasteiger partial charge is 0.231 e. The van der Waals surface area contributed by atoms with Crippen molar-refractivity contribution in [1.29, 1.82) is 0 Å². The minimum Gasteiger partial charge on any atom is -0.454 e. The third kappa shape index (κ3) is 4.12. The second-order valence-electron chi connectivity index (χ2n) is 6.30. The molecular weight excluding hydrogens is 381 g/mol. The molecule has 2 aromatic carbocycles. The van der Waals surface area contributed by atoms with Crippen LogP contribution < -0.4 is 14.8 Å². The van der Waals surface area contributed by atoms with Gasteiger partial charge in [-0.15, -0.1) is 0 Å². The van der Waals surface area contributed by atoms with Crippen LogP contribution in [0.2, 0.25) is 0 Å². The molecule has 0 radical (unpaired) electrons. The number of fused-ring (bicyclic) bond motifs is 1. The maximum absolute atomic E-state index is 13.0. The number of imidazole rings is 1. The summed E-state index contributed by atoms with van der Waals surface area (Å²) in [7, 11) is 0. The standard InChI is InChI=1S/C20H18FN3O3S/c1-12(14-4-7-17-18(8-14)27-11-26-17)23-19(25)10-28-20-22-9-16(24-20)13-2-5-15(21)6-3-13/h2-9,12H,10-11H2,1H3,(H,22,24)(H,23,25). The molecule has 8 heteroatoms. The van der Waals surface area contributed by atoms with E-state index in [1.807, 2.05) is 25.1 Å². The van der Waals surface area contributed by atoms with Crippen LogP contribution >= 0.6 is 11.8 Å². The number of halogens is 1. The van der Waals surface area contributed by atoms with Crippen LogP contribution in [-0.4, -0.2) is 28.4 Å². The number of H-pyrrole nitrogens is 1. The molecule has 0 aliphatic carbocycles. The van der Waals surface area contributed by atoms with Gasteiger partial charge in [0.15, 0.2) is 16.7 Å². The van der Waals surface area contributed by atoms with Gasteiger partial charge in [0.25, 0.3) is 0 Å². The fourth-order valence-electron chi connectivity index (χ4n) is 2.84.